The Morgan fingerprint density at radius 1 is 1.50 bits per heavy atom. The van der Waals surface area contributed by atoms with Crippen LogP contribution in [0.5, 0.6) is 0 Å². The minimum atomic E-state index is -4.51. The summed E-state index contributed by atoms with van der Waals surface area (Å²) in [5.74, 6) is -2.34. The van der Waals surface area contributed by atoms with Crippen LogP contribution in [0.25, 0.3) is 0 Å². The number of aromatic carboxylic acids is 1. The molecule has 0 fully saturated rings. The summed E-state index contributed by atoms with van der Waals surface area (Å²) in [6, 6.07) is 0.860. The first kappa shape index (κ1) is 8.75. The highest BCUT2D eigenvalue weighted by atomic mass is 32.2. The highest BCUT2D eigenvalue weighted by Crippen LogP contribution is 2.15. The predicted octanol–water partition coefficient (Wildman–Crippen LogP) is 0.225. The van der Waals surface area contributed by atoms with Gasteiger partial charge in [0.2, 0.25) is 5.76 Å². The van der Waals surface area contributed by atoms with Crippen molar-refractivity contribution in [1.82, 2.24) is 0 Å². The maximum absolute atomic E-state index is 10.5. The first-order chi connectivity index (χ1) is 5.43. The van der Waals surface area contributed by atoms with Gasteiger partial charge >= 0.3 is 5.97 Å². The Morgan fingerprint density at radius 2 is 2.08 bits per heavy atom. The molecule has 0 saturated heterocycles. The number of rotatable bonds is 2. The van der Waals surface area contributed by atoms with Crippen molar-refractivity contribution in [2.24, 2.45) is 0 Å². The smallest absolute Gasteiger partial charge is 0.373 e. The van der Waals surface area contributed by atoms with Crippen LogP contribution in [-0.4, -0.2) is 24.0 Å². The molecule has 1 rings (SSSR count). The minimum absolute atomic E-state index is 0.741. The lowest BCUT2D eigenvalue weighted by molar-refractivity contribution is 0.0656. The summed E-state index contributed by atoms with van der Waals surface area (Å²) in [7, 11) is -4.51. The van der Waals surface area contributed by atoms with Gasteiger partial charge < -0.3 is 9.52 Å². The van der Waals surface area contributed by atoms with E-state index in [9.17, 15) is 13.2 Å². The average Bonchev–Trinajstić information content (AvgIpc) is 2.30. The van der Waals surface area contributed by atoms with Gasteiger partial charge in [-0.3, -0.25) is 4.55 Å². The normalized spacial score (nSPS) is 11.4. The van der Waals surface area contributed by atoms with Crippen LogP contribution in [0.3, 0.4) is 0 Å². The fourth-order valence-electron chi connectivity index (χ4n) is 0.657. The Morgan fingerprint density at radius 3 is 2.42 bits per heavy atom. The zero-order valence-corrected chi connectivity index (χ0v) is 6.41. The number of carboxylic acids is 1. The van der Waals surface area contributed by atoms with Crippen molar-refractivity contribution in [2.45, 2.75) is 4.90 Å². The maximum atomic E-state index is 10.5. The highest BCUT2D eigenvalue weighted by molar-refractivity contribution is 7.86. The van der Waals surface area contributed by atoms with Gasteiger partial charge in [0.25, 0.3) is 10.1 Å². The molecule has 1 heterocycles. The van der Waals surface area contributed by atoms with E-state index in [2.05, 4.69) is 4.42 Å². The summed E-state index contributed by atoms with van der Waals surface area (Å²) in [6.45, 7) is 0. The summed E-state index contributed by atoms with van der Waals surface area (Å²) in [4.78, 5) is 9.52. The van der Waals surface area contributed by atoms with Crippen LogP contribution < -0.4 is 0 Å². The van der Waals surface area contributed by atoms with E-state index in [1.807, 2.05) is 0 Å². The van der Waals surface area contributed by atoms with Gasteiger partial charge in [-0.15, -0.1) is 0 Å². The van der Waals surface area contributed by atoms with E-state index in [4.69, 9.17) is 9.66 Å². The van der Waals surface area contributed by atoms with Crippen LogP contribution in [0, 0.1) is 0 Å². The fourth-order valence-corrected chi connectivity index (χ4v) is 1.25. The fraction of sp³-hybridized carbons (Fsp3) is 0. The van der Waals surface area contributed by atoms with E-state index >= 15 is 0 Å². The standard InChI is InChI=1S/C5H4O6S/c6-5(7)4-3(1-2-11-4)12(8,9)10/h1-2H,(H,6,7)(H,8,9,10). The van der Waals surface area contributed by atoms with Gasteiger partial charge in [0, 0.05) is 0 Å². The van der Waals surface area contributed by atoms with Crippen LogP contribution >= 0.6 is 0 Å². The molecule has 66 valence electrons. The lowest BCUT2D eigenvalue weighted by Crippen LogP contribution is -2.04. The molecule has 0 bridgehead atoms. The SMILES string of the molecule is O=C(O)c1occc1S(=O)(=O)O. The zero-order chi connectivity index (χ0) is 9.35. The van der Waals surface area contributed by atoms with E-state index < -0.39 is 26.7 Å². The third-order valence-corrected chi connectivity index (χ3v) is 1.98. The predicted molar refractivity (Wildman–Crippen MR) is 35.5 cm³/mol. The first-order valence-corrected chi connectivity index (χ1v) is 4.15. The molecule has 0 spiro atoms. The maximum Gasteiger partial charge on any atom is 0.373 e. The number of hydrogen-bond donors (Lipinski definition) is 2. The Bertz CT molecular complexity index is 399. The molecule has 0 aliphatic rings. The summed E-state index contributed by atoms with van der Waals surface area (Å²) in [6.07, 6.45) is 0.868. The molecule has 0 atom stereocenters. The van der Waals surface area contributed by atoms with Gasteiger partial charge in [0.15, 0.2) is 0 Å². The Hall–Kier alpha value is -1.34. The Balaban J connectivity index is 3.36. The molecule has 1 aromatic heterocycles. The van der Waals surface area contributed by atoms with Crippen molar-refractivity contribution in [3.05, 3.63) is 18.1 Å². The van der Waals surface area contributed by atoms with Crippen molar-refractivity contribution in [3.63, 3.8) is 0 Å². The molecular weight excluding hydrogens is 188 g/mol. The number of hydrogen-bond acceptors (Lipinski definition) is 4. The highest BCUT2D eigenvalue weighted by Gasteiger charge is 2.23. The topological polar surface area (TPSA) is 105 Å². The van der Waals surface area contributed by atoms with Crippen molar-refractivity contribution in [2.75, 3.05) is 0 Å². The molecule has 0 unspecified atom stereocenters. The van der Waals surface area contributed by atoms with Crippen molar-refractivity contribution >= 4 is 16.1 Å². The average molecular weight is 192 g/mol. The van der Waals surface area contributed by atoms with Crippen LogP contribution in [0.1, 0.15) is 10.6 Å². The molecule has 1 aromatic rings. The molecule has 12 heavy (non-hydrogen) atoms. The van der Waals surface area contributed by atoms with Gasteiger partial charge in [-0.25, -0.2) is 4.79 Å². The first-order valence-electron chi connectivity index (χ1n) is 2.71. The molecule has 6 nitrogen and oxygen atoms in total. The monoisotopic (exact) mass is 192 g/mol. The summed E-state index contributed by atoms with van der Waals surface area (Å²) in [5, 5.41) is 8.35. The third kappa shape index (κ3) is 1.46. The van der Waals surface area contributed by atoms with Crippen LogP contribution in [0.2, 0.25) is 0 Å². The van der Waals surface area contributed by atoms with Gasteiger partial charge in [-0.2, -0.15) is 8.42 Å². The minimum Gasteiger partial charge on any atom is -0.475 e. The molecule has 0 radical (unpaired) electrons. The molecule has 0 aliphatic heterocycles. The lowest BCUT2D eigenvalue weighted by atomic mass is 10.5. The van der Waals surface area contributed by atoms with E-state index in [0.29, 0.717) is 0 Å². The van der Waals surface area contributed by atoms with Crippen LogP contribution in [0.15, 0.2) is 21.6 Å². The second-order valence-electron chi connectivity index (χ2n) is 1.89. The van der Waals surface area contributed by atoms with Gasteiger partial charge in [-0.1, -0.05) is 0 Å². The Kier molecular flexibility index (Phi) is 1.90. The van der Waals surface area contributed by atoms with Crippen molar-refractivity contribution in [3.8, 4) is 0 Å². The summed E-state index contributed by atoms with van der Waals surface area (Å²) < 4.78 is 33.7. The number of carboxylic acid groups (broad SMARTS) is 1. The van der Waals surface area contributed by atoms with Crippen LogP contribution in [0.4, 0.5) is 0 Å². The van der Waals surface area contributed by atoms with Gasteiger partial charge in [0.05, 0.1) is 6.26 Å². The summed E-state index contributed by atoms with van der Waals surface area (Å²) >= 11 is 0. The second kappa shape index (κ2) is 2.61. The van der Waals surface area contributed by atoms with Crippen LogP contribution in [-0.2, 0) is 10.1 Å². The lowest BCUT2D eigenvalue weighted by Gasteiger charge is -1.91. The molecule has 0 aromatic carbocycles. The van der Waals surface area contributed by atoms with E-state index in [1.165, 1.54) is 0 Å². The molecule has 0 saturated carbocycles. The molecule has 0 aliphatic carbocycles. The van der Waals surface area contributed by atoms with Crippen molar-refractivity contribution in [1.29, 1.82) is 0 Å². The summed E-state index contributed by atoms with van der Waals surface area (Å²) in [5.41, 5.74) is 0. The van der Waals surface area contributed by atoms with E-state index in [0.717, 1.165) is 12.3 Å². The zero-order valence-electron chi connectivity index (χ0n) is 5.59. The Labute approximate surface area is 67.2 Å². The quantitative estimate of drug-likeness (QED) is 0.649. The second-order valence-corrected chi connectivity index (χ2v) is 3.28. The molecule has 7 heteroatoms. The number of furan rings is 1. The van der Waals surface area contributed by atoms with Gasteiger partial charge in [0.1, 0.15) is 4.90 Å². The number of carbonyl (C=O) groups is 1. The third-order valence-electron chi connectivity index (χ3n) is 1.10. The van der Waals surface area contributed by atoms with Gasteiger partial charge in [-0.05, 0) is 6.07 Å². The molecule has 2 N–H and O–H groups in total. The molecule has 0 amide bonds. The van der Waals surface area contributed by atoms with E-state index in [1.54, 1.807) is 0 Å². The van der Waals surface area contributed by atoms with E-state index in [-0.39, 0.29) is 0 Å². The molecular formula is C5H4O6S. The largest absolute Gasteiger partial charge is 0.475 e. The van der Waals surface area contributed by atoms with Crippen molar-refractivity contribution < 1.29 is 27.3 Å².